The Morgan fingerprint density at radius 2 is 1.94 bits per heavy atom. The number of nitrogens with zero attached hydrogens (tertiary/aromatic N) is 2. The first-order valence-corrected chi connectivity index (χ1v) is 12.1. The number of rotatable bonds is 3. The van der Waals surface area contributed by atoms with Crippen molar-refractivity contribution < 1.29 is 34.5 Å². The Bertz CT molecular complexity index is 1020. The van der Waals surface area contributed by atoms with Crippen LogP contribution in [0.5, 0.6) is 11.5 Å². The Morgan fingerprint density at radius 3 is 2.69 bits per heavy atom. The smallest absolute Gasteiger partial charge is 0.342 e. The molecule has 1 saturated heterocycles. The maximum atomic E-state index is 12.9. The highest BCUT2D eigenvalue weighted by Gasteiger charge is 2.26. The molecule has 0 aliphatic carbocycles. The van der Waals surface area contributed by atoms with Crippen LogP contribution in [0.2, 0.25) is 5.02 Å². The summed E-state index contributed by atoms with van der Waals surface area (Å²) in [7, 11) is 0. The monoisotopic (exact) mass is 506 g/mol. The number of piperidine rings is 1. The van der Waals surface area contributed by atoms with Crippen molar-refractivity contribution in [2.75, 3.05) is 19.7 Å². The van der Waals surface area contributed by atoms with E-state index in [2.05, 4.69) is 5.16 Å². The highest BCUT2D eigenvalue weighted by molar-refractivity contribution is 6.33. The number of likely N-dealkylation sites (tertiary alicyclic amines) is 1. The van der Waals surface area contributed by atoms with Gasteiger partial charge in [0.2, 0.25) is 0 Å². The Morgan fingerprint density at radius 1 is 1.20 bits per heavy atom. The Hall–Kier alpha value is -3.04. The number of carbonyl (C=O) groups excluding carboxylic acids is 2. The number of fused-ring (bicyclic) bond motifs is 1. The molecule has 0 radical (unpaired) electrons. The lowest BCUT2D eigenvalue weighted by molar-refractivity contribution is -0.137. The number of aromatic hydroxyl groups is 2. The third-order valence-corrected chi connectivity index (χ3v) is 6.21. The minimum Gasteiger partial charge on any atom is -0.507 e. The molecule has 3 N–H and O–H groups in total. The summed E-state index contributed by atoms with van der Waals surface area (Å²) >= 11 is 6.31. The SMILES string of the molecule is C[C@@H]1C/C=C/[C@@H](O)C/C=C/C(=NOCC(=O)N2CCCCC2)Cc2c(Cl)c(O)cc(O)c2C(=O)O1. The highest BCUT2D eigenvalue weighted by atomic mass is 35.5. The molecule has 0 aromatic heterocycles. The van der Waals surface area contributed by atoms with E-state index in [0.29, 0.717) is 19.5 Å². The van der Waals surface area contributed by atoms with Crippen LogP contribution in [-0.4, -0.2) is 69.7 Å². The summed E-state index contributed by atoms with van der Waals surface area (Å²) in [6, 6.07) is 0.979. The van der Waals surface area contributed by atoms with Crippen molar-refractivity contribution in [1.29, 1.82) is 0 Å². The Labute approximate surface area is 209 Å². The molecule has 0 spiro atoms. The van der Waals surface area contributed by atoms with Crippen LogP contribution in [0.1, 0.15) is 54.9 Å². The highest BCUT2D eigenvalue weighted by Crippen LogP contribution is 2.37. The zero-order chi connectivity index (χ0) is 25.4. The number of cyclic esters (lactones) is 1. The summed E-state index contributed by atoms with van der Waals surface area (Å²) in [5, 5.41) is 34.7. The van der Waals surface area contributed by atoms with E-state index in [-0.39, 0.29) is 47.2 Å². The third kappa shape index (κ3) is 7.47. The second-order valence-corrected chi connectivity index (χ2v) is 9.02. The van der Waals surface area contributed by atoms with Gasteiger partial charge in [0, 0.05) is 32.0 Å². The number of amides is 1. The van der Waals surface area contributed by atoms with Crippen molar-refractivity contribution in [2.45, 2.75) is 57.7 Å². The van der Waals surface area contributed by atoms with Gasteiger partial charge >= 0.3 is 5.97 Å². The number of esters is 1. The topological polar surface area (TPSA) is 129 Å². The molecule has 0 bridgehead atoms. The van der Waals surface area contributed by atoms with Crippen LogP contribution in [0.4, 0.5) is 0 Å². The van der Waals surface area contributed by atoms with Crippen LogP contribution in [0.25, 0.3) is 0 Å². The fourth-order valence-electron chi connectivity index (χ4n) is 3.92. The predicted octanol–water partition coefficient (Wildman–Crippen LogP) is 3.49. The summed E-state index contributed by atoms with van der Waals surface area (Å²) in [5.41, 5.74) is 0.175. The predicted molar refractivity (Wildman–Crippen MR) is 131 cm³/mol. The van der Waals surface area contributed by atoms with Crippen LogP contribution in [-0.2, 0) is 20.8 Å². The van der Waals surface area contributed by atoms with Crippen LogP contribution in [0.15, 0.2) is 35.5 Å². The summed E-state index contributed by atoms with van der Waals surface area (Å²) in [5.74, 6) is -1.89. The molecular formula is C25H31ClN2O7. The molecule has 2 aliphatic heterocycles. The van der Waals surface area contributed by atoms with Gasteiger partial charge in [0.25, 0.3) is 5.91 Å². The summed E-state index contributed by atoms with van der Waals surface area (Å²) in [4.78, 5) is 32.3. The molecule has 0 unspecified atom stereocenters. The number of aliphatic hydroxyl groups excluding tert-OH is 1. The van der Waals surface area contributed by atoms with E-state index < -0.39 is 29.7 Å². The zero-order valence-corrected chi connectivity index (χ0v) is 20.4. The lowest BCUT2D eigenvalue weighted by atomic mass is 9.99. The molecule has 2 atom stereocenters. The molecule has 190 valence electrons. The minimum atomic E-state index is -0.817. The van der Waals surface area contributed by atoms with Gasteiger partial charge in [-0.25, -0.2) is 4.79 Å². The van der Waals surface area contributed by atoms with Crippen LogP contribution >= 0.6 is 11.6 Å². The maximum Gasteiger partial charge on any atom is 0.342 e. The molecule has 35 heavy (non-hydrogen) atoms. The van der Waals surface area contributed by atoms with Crippen molar-refractivity contribution in [2.24, 2.45) is 5.16 Å². The van der Waals surface area contributed by atoms with Gasteiger partial charge in [-0.05, 0) is 44.2 Å². The van der Waals surface area contributed by atoms with Gasteiger partial charge < -0.3 is 29.8 Å². The number of allylic oxidation sites excluding steroid dienone is 1. The summed E-state index contributed by atoms with van der Waals surface area (Å²) in [6.45, 7) is 2.80. The normalized spacial score (nSPS) is 24.7. The minimum absolute atomic E-state index is 0.101. The lowest BCUT2D eigenvalue weighted by Gasteiger charge is -2.26. The molecule has 0 saturated carbocycles. The van der Waals surface area contributed by atoms with Crippen LogP contribution in [0, 0.1) is 0 Å². The van der Waals surface area contributed by atoms with Gasteiger partial charge in [0.15, 0.2) is 6.61 Å². The first-order valence-electron chi connectivity index (χ1n) is 11.7. The number of halogens is 1. The van der Waals surface area contributed by atoms with Gasteiger partial charge in [-0.1, -0.05) is 35.0 Å². The van der Waals surface area contributed by atoms with Gasteiger partial charge in [-0.2, -0.15) is 0 Å². The number of phenolic OH excluding ortho intramolecular Hbond substituents is 2. The number of hydrogen-bond donors (Lipinski definition) is 3. The average molecular weight is 507 g/mol. The van der Waals surface area contributed by atoms with Crippen molar-refractivity contribution in [1.82, 2.24) is 4.90 Å². The molecule has 2 aliphatic rings. The fraction of sp³-hybridized carbons (Fsp3) is 0.480. The number of benzene rings is 1. The largest absolute Gasteiger partial charge is 0.507 e. The van der Waals surface area contributed by atoms with Gasteiger partial charge in [-0.3, -0.25) is 4.79 Å². The molecule has 1 amide bonds. The number of phenols is 2. The van der Waals surface area contributed by atoms with Gasteiger partial charge in [-0.15, -0.1) is 0 Å². The first kappa shape index (κ1) is 26.6. The third-order valence-electron chi connectivity index (χ3n) is 5.78. The van der Waals surface area contributed by atoms with E-state index in [9.17, 15) is 24.9 Å². The fourth-order valence-corrected chi connectivity index (χ4v) is 4.14. The van der Waals surface area contributed by atoms with Crippen molar-refractivity contribution in [3.8, 4) is 11.5 Å². The molecule has 10 heteroatoms. The lowest BCUT2D eigenvalue weighted by Crippen LogP contribution is -2.37. The quantitative estimate of drug-likeness (QED) is 0.325. The van der Waals surface area contributed by atoms with Gasteiger partial charge in [0.05, 0.1) is 16.8 Å². The van der Waals surface area contributed by atoms with Crippen molar-refractivity contribution >= 4 is 29.2 Å². The van der Waals surface area contributed by atoms with Crippen LogP contribution in [0.3, 0.4) is 0 Å². The number of oxime groups is 1. The first-order chi connectivity index (χ1) is 16.8. The number of aliphatic hydroxyl groups is 1. The van der Waals surface area contributed by atoms with Crippen molar-refractivity contribution in [3.63, 3.8) is 0 Å². The zero-order valence-electron chi connectivity index (χ0n) is 19.7. The second kappa shape index (κ2) is 12.6. The standard InChI is InChI=1S/C25H31ClN2O7/c1-16-7-5-9-18(29)10-6-8-17(27-34-15-22(32)28-11-3-2-4-12-28)13-19-23(25(33)35-16)20(30)14-21(31)24(19)26/h5-6,8-9,14,16,18,29-31H,2-4,7,10-13,15H2,1H3/b8-6+,9-5+,27-17?/t16-,18-/m1/s1. The van der Waals surface area contributed by atoms with Crippen LogP contribution < -0.4 is 0 Å². The molecule has 3 rings (SSSR count). The van der Waals surface area contributed by atoms with E-state index in [1.807, 2.05) is 0 Å². The van der Waals surface area contributed by atoms with E-state index in [1.165, 1.54) is 0 Å². The van der Waals surface area contributed by atoms with E-state index in [0.717, 1.165) is 25.3 Å². The number of carbonyl (C=O) groups is 2. The van der Waals surface area contributed by atoms with E-state index in [1.54, 1.807) is 36.1 Å². The maximum absolute atomic E-state index is 12.9. The summed E-state index contributed by atoms with van der Waals surface area (Å²) in [6.07, 6.45) is 8.79. The molecule has 1 aromatic rings. The number of hydrogen-bond acceptors (Lipinski definition) is 8. The van der Waals surface area contributed by atoms with E-state index >= 15 is 0 Å². The number of ether oxygens (including phenoxy) is 1. The molecule has 2 heterocycles. The van der Waals surface area contributed by atoms with Gasteiger partial charge in [0.1, 0.15) is 23.2 Å². The van der Waals surface area contributed by atoms with E-state index in [4.69, 9.17) is 21.2 Å². The van der Waals surface area contributed by atoms with Crippen molar-refractivity contribution in [3.05, 3.63) is 46.5 Å². The molecule has 1 fully saturated rings. The summed E-state index contributed by atoms with van der Waals surface area (Å²) < 4.78 is 5.44. The Balaban J connectivity index is 1.91. The second-order valence-electron chi connectivity index (χ2n) is 8.64. The Kier molecular flexibility index (Phi) is 9.56. The average Bonchev–Trinajstić information content (AvgIpc) is 2.82. The molecule has 1 aromatic carbocycles. The molecule has 9 nitrogen and oxygen atoms in total. The molecular weight excluding hydrogens is 476 g/mol.